The highest BCUT2D eigenvalue weighted by Crippen LogP contribution is 2.16. The molecule has 5 nitrogen and oxygen atoms in total. The van der Waals surface area contributed by atoms with Gasteiger partial charge in [0.15, 0.2) is 6.04 Å². The van der Waals surface area contributed by atoms with Crippen molar-refractivity contribution < 1.29 is 19.2 Å². The van der Waals surface area contributed by atoms with Crippen molar-refractivity contribution in [1.29, 1.82) is 0 Å². The van der Waals surface area contributed by atoms with E-state index in [2.05, 4.69) is 0 Å². The molecule has 0 fully saturated rings. The first-order valence-electron chi connectivity index (χ1n) is 6.62. The number of nitrogens with zero attached hydrogens (tertiary/aromatic N) is 1. The van der Waals surface area contributed by atoms with Crippen molar-refractivity contribution in [3.63, 3.8) is 0 Å². The first kappa shape index (κ1) is 16.2. The summed E-state index contributed by atoms with van der Waals surface area (Å²) in [6.45, 7) is 5.67. The van der Waals surface area contributed by atoms with Crippen LogP contribution in [0.1, 0.15) is 31.1 Å². The number of esters is 1. The van der Waals surface area contributed by atoms with E-state index in [-0.39, 0.29) is 18.4 Å². The topological polar surface area (TPSA) is 55.8 Å². The lowest BCUT2D eigenvalue weighted by atomic mass is 10.0. The van der Waals surface area contributed by atoms with Gasteiger partial charge in [0.2, 0.25) is 0 Å². The Morgan fingerprint density at radius 1 is 1.20 bits per heavy atom. The van der Waals surface area contributed by atoms with Crippen LogP contribution in [0.3, 0.4) is 0 Å². The molecule has 1 unspecified atom stereocenters. The van der Waals surface area contributed by atoms with Crippen molar-refractivity contribution in [3.8, 4) is 0 Å². The second-order valence-electron chi connectivity index (χ2n) is 4.62. The van der Waals surface area contributed by atoms with E-state index in [4.69, 9.17) is 9.57 Å². The van der Waals surface area contributed by atoms with E-state index in [1.165, 1.54) is 7.11 Å². The van der Waals surface area contributed by atoms with Crippen LogP contribution in [-0.2, 0) is 14.4 Å². The normalized spacial score (nSPS) is 12.1. The maximum Gasteiger partial charge on any atom is 0.331 e. The number of hydrogen-bond acceptors (Lipinski definition) is 4. The molecule has 20 heavy (non-hydrogen) atoms. The summed E-state index contributed by atoms with van der Waals surface area (Å²) in [6.07, 6.45) is 0. The molecule has 1 amide bonds. The Hall–Kier alpha value is -1.88. The molecule has 0 saturated carbocycles. The number of benzene rings is 1. The molecule has 0 heterocycles. The summed E-state index contributed by atoms with van der Waals surface area (Å²) in [5.74, 6) is -0.949. The van der Waals surface area contributed by atoms with Crippen LogP contribution in [0.15, 0.2) is 30.3 Å². The molecule has 0 aliphatic heterocycles. The number of ether oxygens (including phenoxy) is 1. The Balaban J connectivity index is 3.02. The maximum absolute atomic E-state index is 12.4. The standard InChI is InChI=1S/C15H21NO4/c1-5-20-15(18)13(11(2)3)16(19-4)14(17)12-9-7-6-8-10-12/h6-11,13H,5H2,1-4H3. The molecule has 0 aliphatic carbocycles. The molecule has 1 aromatic rings. The van der Waals surface area contributed by atoms with Gasteiger partial charge in [-0.1, -0.05) is 32.0 Å². The summed E-state index contributed by atoms with van der Waals surface area (Å²) >= 11 is 0. The summed E-state index contributed by atoms with van der Waals surface area (Å²) in [4.78, 5) is 29.6. The van der Waals surface area contributed by atoms with Crippen LogP contribution in [0.2, 0.25) is 0 Å². The van der Waals surface area contributed by atoms with Gasteiger partial charge in [-0.25, -0.2) is 9.86 Å². The summed E-state index contributed by atoms with van der Waals surface area (Å²) < 4.78 is 5.02. The van der Waals surface area contributed by atoms with E-state index in [0.29, 0.717) is 5.56 Å². The summed E-state index contributed by atoms with van der Waals surface area (Å²) in [7, 11) is 1.37. The zero-order valence-corrected chi connectivity index (χ0v) is 12.3. The zero-order chi connectivity index (χ0) is 15.1. The molecule has 110 valence electrons. The monoisotopic (exact) mass is 279 g/mol. The smallest absolute Gasteiger partial charge is 0.331 e. The summed E-state index contributed by atoms with van der Waals surface area (Å²) in [5, 5.41) is 1.08. The predicted molar refractivity (Wildman–Crippen MR) is 74.9 cm³/mol. The third-order valence-electron chi connectivity index (χ3n) is 2.83. The van der Waals surface area contributed by atoms with Gasteiger partial charge in [0.25, 0.3) is 5.91 Å². The van der Waals surface area contributed by atoms with Crippen LogP contribution in [0.5, 0.6) is 0 Å². The quantitative estimate of drug-likeness (QED) is 0.592. The lowest BCUT2D eigenvalue weighted by molar-refractivity contribution is -0.176. The molecule has 0 radical (unpaired) electrons. The van der Waals surface area contributed by atoms with Gasteiger partial charge in [0.05, 0.1) is 13.7 Å². The molecule has 0 saturated heterocycles. The van der Waals surface area contributed by atoms with E-state index in [9.17, 15) is 9.59 Å². The fourth-order valence-electron chi connectivity index (χ4n) is 1.90. The Kier molecular flexibility index (Phi) is 6.18. The van der Waals surface area contributed by atoms with Crippen LogP contribution in [-0.4, -0.2) is 36.7 Å². The maximum atomic E-state index is 12.4. The number of carbonyl (C=O) groups is 2. The molecule has 0 aliphatic rings. The second-order valence-corrected chi connectivity index (χ2v) is 4.62. The Morgan fingerprint density at radius 3 is 2.25 bits per heavy atom. The molecule has 1 atom stereocenters. The van der Waals surface area contributed by atoms with Crippen molar-refractivity contribution in [3.05, 3.63) is 35.9 Å². The van der Waals surface area contributed by atoms with Crippen molar-refractivity contribution in [2.45, 2.75) is 26.8 Å². The van der Waals surface area contributed by atoms with Gasteiger partial charge in [-0.05, 0) is 25.0 Å². The van der Waals surface area contributed by atoms with Gasteiger partial charge in [-0.15, -0.1) is 0 Å². The largest absolute Gasteiger partial charge is 0.464 e. The van der Waals surface area contributed by atoms with Crippen molar-refractivity contribution in [2.75, 3.05) is 13.7 Å². The zero-order valence-electron chi connectivity index (χ0n) is 12.3. The number of hydrogen-bond donors (Lipinski definition) is 0. The minimum atomic E-state index is -0.771. The lowest BCUT2D eigenvalue weighted by Crippen LogP contribution is -2.48. The third-order valence-corrected chi connectivity index (χ3v) is 2.83. The fraction of sp³-hybridized carbons (Fsp3) is 0.467. The van der Waals surface area contributed by atoms with E-state index in [1.807, 2.05) is 19.9 Å². The van der Waals surface area contributed by atoms with Gasteiger partial charge in [-0.3, -0.25) is 9.63 Å². The fourth-order valence-corrected chi connectivity index (χ4v) is 1.90. The van der Waals surface area contributed by atoms with Crippen molar-refractivity contribution >= 4 is 11.9 Å². The van der Waals surface area contributed by atoms with Crippen molar-refractivity contribution in [2.24, 2.45) is 5.92 Å². The molecule has 5 heteroatoms. The first-order valence-corrected chi connectivity index (χ1v) is 6.62. The Morgan fingerprint density at radius 2 is 1.80 bits per heavy atom. The number of carbonyl (C=O) groups excluding carboxylic acids is 2. The minimum Gasteiger partial charge on any atom is -0.464 e. The molecular formula is C15H21NO4. The molecule has 0 N–H and O–H groups in total. The van der Waals surface area contributed by atoms with Gasteiger partial charge < -0.3 is 4.74 Å². The number of hydroxylamine groups is 2. The SMILES string of the molecule is CCOC(=O)C(C(C)C)N(OC)C(=O)c1ccccc1. The van der Waals surface area contributed by atoms with Crippen LogP contribution < -0.4 is 0 Å². The lowest BCUT2D eigenvalue weighted by Gasteiger charge is -2.30. The van der Waals surface area contributed by atoms with Crippen LogP contribution in [0.25, 0.3) is 0 Å². The molecule has 1 aromatic carbocycles. The van der Waals surface area contributed by atoms with E-state index >= 15 is 0 Å². The highest BCUT2D eigenvalue weighted by Gasteiger charge is 2.34. The minimum absolute atomic E-state index is 0.123. The third kappa shape index (κ3) is 3.81. The molecule has 0 bridgehead atoms. The van der Waals surface area contributed by atoms with Gasteiger partial charge in [0, 0.05) is 5.56 Å². The molecule has 0 spiro atoms. The van der Waals surface area contributed by atoms with E-state index in [0.717, 1.165) is 5.06 Å². The van der Waals surface area contributed by atoms with Crippen LogP contribution >= 0.6 is 0 Å². The highest BCUT2D eigenvalue weighted by atomic mass is 16.7. The molecule has 0 aromatic heterocycles. The van der Waals surface area contributed by atoms with Crippen LogP contribution in [0.4, 0.5) is 0 Å². The summed E-state index contributed by atoms with van der Waals surface area (Å²) in [5.41, 5.74) is 0.462. The Bertz CT molecular complexity index is 444. The molecule has 1 rings (SSSR count). The second kappa shape index (κ2) is 7.65. The first-order chi connectivity index (χ1) is 9.52. The number of rotatable bonds is 6. The number of amides is 1. The van der Waals surface area contributed by atoms with E-state index in [1.54, 1.807) is 31.2 Å². The van der Waals surface area contributed by atoms with Gasteiger partial charge >= 0.3 is 5.97 Å². The van der Waals surface area contributed by atoms with Gasteiger partial charge in [-0.2, -0.15) is 0 Å². The molecular weight excluding hydrogens is 258 g/mol. The summed E-state index contributed by atoms with van der Waals surface area (Å²) in [6, 6.07) is 7.92. The van der Waals surface area contributed by atoms with Crippen molar-refractivity contribution in [1.82, 2.24) is 5.06 Å². The van der Waals surface area contributed by atoms with Crippen LogP contribution in [0, 0.1) is 5.92 Å². The predicted octanol–water partition coefficient (Wildman–Crippen LogP) is 2.28. The average Bonchev–Trinajstić information content (AvgIpc) is 2.44. The Labute approximate surface area is 119 Å². The highest BCUT2D eigenvalue weighted by molar-refractivity contribution is 5.96. The van der Waals surface area contributed by atoms with E-state index < -0.39 is 12.0 Å². The average molecular weight is 279 g/mol. The van der Waals surface area contributed by atoms with Gasteiger partial charge in [0.1, 0.15) is 0 Å².